The molecule has 0 radical (unpaired) electrons. The van der Waals surface area contributed by atoms with Crippen molar-refractivity contribution in [2.45, 2.75) is 6.18 Å². The Bertz CT molecular complexity index is 640. The molecule has 5 nitrogen and oxygen atoms in total. The lowest BCUT2D eigenvalue weighted by atomic mass is 10.2. The lowest BCUT2D eigenvalue weighted by molar-refractivity contribution is -0.139. The molecule has 1 heterocycles. The van der Waals surface area contributed by atoms with Crippen molar-refractivity contribution in [3.63, 3.8) is 0 Å². The van der Waals surface area contributed by atoms with Crippen LogP contribution in [0.25, 0.3) is 0 Å². The fraction of sp³-hybridized carbons (Fsp3) is 0.231. The van der Waals surface area contributed by atoms with Crippen LogP contribution in [0.3, 0.4) is 0 Å². The van der Waals surface area contributed by atoms with Crippen LogP contribution in [0.1, 0.15) is 5.56 Å². The number of aliphatic imine (C=N–C) groups is 2. The van der Waals surface area contributed by atoms with E-state index in [0.29, 0.717) is 25.2 Å². The number of hydrogen-bond acceptors (Lipinski definition) is 1. The number of benzene rings is 1. The van der Waals surface area contributed by atoms with Crippen molar-refractivity contribution in [2.24, 2.45) is 21.5 Å². The number of hydrogen-bond donors (Lipinski definition) is 2. The van der Waals surface area contributed by atoms with Crippen molar-refractivity contribution >= 4 is 17.6 Å². The summed E-state index contributed by atoms with van der Waals surface area (Å²) in [4.78, 5) is 9.25. The number of halogens is 4. The Morgan fingerprint density at radius 1 is 1.14 bits per heavy atom. The van der Waals surface area contributed by atoms with Gasteiger partial charge in [0.1, 0.15) is 5.82 Å². The van der Waals surface area contributed by atoms with E-state index in [1.807, 2.05) is 12.2 Å². The summed E-state index contributed by atoms with van der Waals surface area (Å²) in [7, 11) is 0. The summed E-state index contributed by atoms with van der Waals surface area (Å²) < 4.78 is 50.7. The van der Waals surface area contributed by atoms with Crippen LogP contribution >= 0.6 is 0 Å². The molecule has 9 heteroatoms. The number of nitrogens with zero attached hydrogens (tertiary/aromatic N) is 3. The summed E-state index contributed by atoms with van der Waals surface area (Å²) >= 11 is 0. The van der Waals surface area contributed by atoms with Crippen LogP contribution in [-0.4, -0.2) is 29.9 Å². The van der Waals surface area contributed by atoms with E-state index in [4.69, 9.17) is 11.5 Å². The smallest absolute Gasteiger partial charge is 0.369 e. The predicted molar refractivity (Wildman–Crippen MR) is 75.0 cm³/mol. The third-order valence-corrected chi connectivity index (χ3v) is 2.87. The minimum Gasteiger partial charge on any atom is -0.369 e. The molecule has 2 rings (SSSR count). The third-order valence-electron chi connectivity index (χ3n) is 2.87. The van der Waals surface area contributed by atoms with Gasteiger partial charge in [0.05, 0.1) is 11.3 Å². The molecule has 0 atom stereocenters. The van der Waals surface area contributed by atoms with Gasteiger partial charge in [-0.15, -0.1) is 0 Å². The molecular weight excluding hydrogens is 302 g/mol. The van der Waals surface area contributed by atoms with Gasteiger partial charge in [-0.2, -0.15) is 18.2 Å². The molecule has 0 saturated heterocycles. The first-order valence-electron chi connectivity index (χ1n) is 6.22. The number of rotatable bonds is 1. The Balaban J connectivity index is 2.18. The van der Waals surface area contributed by atoms with Crippen molar-refractivity contribution in [3.05, 3.63) is 41.7 Å². The van der Waals surface area contributed by atoms with Gasteiger partial charge in [0.25, 0.3) is 0 Å². The van der Waals surface area contributed by atoms with Gasteiger partial charge in [0.2, 0.25) is 5.96 Å². The monoisotopic (exact) mass is 315 g/mol. The van der Waals surface area contributed by atoms with Gasteiger partial charge < -0.3 is 16.4 Å². The van der Waals surface area contributed by atoms with Crippen LogP contribution in [0, 0.1) is 5.82 Å². The van der Waals surface area contributed by atoms with E-state index in [1.54, 1.807) is 4.90 Å². The highest BCUT2D eigenvalue weighted by atomic mass is 19.4. The van der Waals surface area contributed by atoms with Crippen LogP contribution in [0.5, 0.6) is 0 Å². The van der Waals surface area contributed by atoms with E-state index in [1.165, 1.54) is 0 Å². The molecule has 22 heavy (non-hydrogen) atoms. The highest BCUT2D eigenvalue weighted by Crippen LogP contribution is 2.32. The quantitative estimate of drug-likeness (QED) is 0.360. The Morgan fingerprint density at radius 2 is 1.77 bits per heavy atom. The summed E-state index contributed by atoms with van der Waals surface area (Å²) in [6.45, 7) is 1.16. The summed E-state index contributed by atoms with van der Waals surface area (Å²) in [5, 5.41) is 0. The SMILES string of the molecule is NC(=Nc1ccc(C(F)(F)F)c(F)c1)N=C(N)N1CC=CC1. The van der Waals surface area contributed by atoms with Gasteiger partial charge in [-0.3, -0.25) is 0 Å². The molecule has 1 aliphatic heterocycles. The third kappa shape index (κ3) is 3.74. The van der Waals surface area contributed by atoms with Crippen LogP contribution in [0.15, 0.2) is 40.3 Å². The molecule has 0 fully saturated rings. The number of alkyl halides is 3. The van der Waals surface area contributed by atoms with Crippen LogP contribution in [0.4, 0.5) is 23.2 Å². The topological polar surface area (TPSA) is 80.0 Å². The zero-order chi connectivity index (χ0) is 16.3. The maximum atomic E-state index is 13.4. The first kappa shape index (κ1) is 15.8. The van der Waals surface area contributed by atoms with Crippen molar-refractivity contribution in [2.75, 3.05) is 13.1 Å². The lowest BCUT2D eigenvalue weighted by Gasteiger charge is -2.15. The van der Waals surface area contributed by atoms with Gasteiger partial charge in [-0.05, 0) is 12.1 Å². The molecule has 0 aliphatic carbocycles. The normalized spacial score (nSPS) is 16.5. The van der Waals surface area contributed by atoms with Crippen LogP contribution < -0.4 is 11.5 Å². The van der Waals surface area contributed by atoms with E-state index in [2.05, 4.69) is 9.98 Å². The summed E-state index contributed by atoms with van der Waals surface area (Å²) in [6, 6.07) is 2.24. The fourth-order valence-corrected chi connectivity index (χ4v) is 1.81. The highest BCUT2D eigenvalue weighted by Gasteiger charge is 2.33. The average Bonchev–Trinajstić information content (AvgIpc) is 2.90. The van der Waals surface area contributed by atoms with E-state index in [9.17, 15) is 17.6 Å². The summed E-state index contributed by atoms with van der Waals surface area (Å²) in [5.74, 6) is -1.58. The maximum Gasteiger partial charge on any atom is 0.419 e. The van der Waals surface area contributed by atoms with Gasteiger partial charge in [-0.1, -0.05) is 12.2 Å². The molecule has 1 aromatic rings. The Kier molecular flexibility index (Phi) is 4.34. The highest BCUT2D eigenvalue weighted by molar-refractivity contribution is 5.94. The van der Waals surface area contributed by atoms with Crippen LogP contribution in [0.2, 0.25) is 0 Å². The van der Waals surface area contributed by atoms with Gasteiger partial charge in [-0.25, -0.2) is 9.38 Å². The first-order valence-corrected chi connectivity index (χ1v) is 6.22. The average molecular weight is 315 g/mol. The fourth-order valence-electron chi connectivity index (χ4n) is 1.81. The molecule has 0 aromatic heterocycles. The minimum absolute atomic E-state index is 0.0842. The Labute approximate surface area is 123 Å². The second-order valence-electron chi connectivity index (χ2n) is 4.48. The molecule has 0 spiro atoms. The van der Waals surface area contributed by atoms with E-state index in [0.717, 1.165) is 6.07 Å². The van der Waals surface area contributed by atoms with Crippen molar-refractivity contribution < 1.29 is 17.6 Å². The van der Waals surface area contributed by atoms with Gasteiger partial charge in [0.15, 0.2) is 5.96 Å². The lowest BCUT2D eigenvalue weighted by Crippen LogP contribution is -2.36. The van der Waals surface area contributed by atoms with Crippen LogP contribution in [-0.2, 0) is 6.18 Å². The summed E-state index contributed by atoms with van der Waals surface area (Å²) in [6.07, 6.45) is -0.981. The van der Waals surface area contributed by atoms with Gasteiger partial charge >= 0.3 is 6.18 Å². The Hall–Kier alpha value is -2.58. The maximum absolute atomic E-state index is 13.4. The molecule has 4 N–H and O–H groups in total. The molecule has 0 saturated carbocycles. The molecule has 1 aliphatic rings. The minimum atomic E-state index is -4.76. The molecule has 0 amide bonds. The zero-order valence-corrected chi connectivity index (χ0v) is 11.3. The van der Waals surface area contributed by atoms with Crippen molar-refractivity contribution in [3.8, 4) is 0 Å². The second kappa shape index (κ2) is 6.04. The molecule has 1 aromatic carbocycles. The molecule has 118 valence electrons. The van der Waals surface area contributed by atoms with E-state index >= 15 is 0 Å². The Morgan fingerprint density at radius 3 is 2.32 bits per heavy atom. The predicted octanol–water partition coefficient (Wildman–Crippen LogP) is 1.98. The molecule has 0 bridgehead atoms. The van der Waals surface area contributed by atoms with Crippen molar-refractivity contribution in [1.29, 1.82) is 0 Å². The standard InChI is InChI=1S/C13H13F4N5/c14-10-7-8(3-4-9(10)13(15,16)17)20-11(18)21-12(19)22-5-1-2-6-22/h1-4,7H,5-6H2,(H4,18,19,20,21). The van der Waals surface area contributed by atoms with E-state index < -0.39 is 17.6 Å². The largest absolute Gasteiger partial charge is 0.419 e. The number of nitrogens with two attached hydrogens (primary N) is 2. The van der Waals surface area contributed by atoms with E-state index in [-0.39, 0.29) is 17.6 Å². The van der Waals surface area contributed by atoms with Gasteiger partial charge in [0, 0.05) is 19.2 Å². The first-order chi connectivity index (χ1) is 10.3. The second-order valence-corrected chi connectivity index (χ2v) is 4.48. The van der Waals surface area contributed by atoms with Crippen molar-refractivity contribution in [1.82, 2.24) is 4.90 Å². The summed E-state index contributed by atoms with van der Waals surface area (Å²) in [5.41, 5.74) is 9.79. The zero-order valence-electron chi connectivity index (χ0n) is 11.3. The molecular formula is C13H13F4N5. The molecule has 0 unspecified atom stereocenters. The number of guanidine groups is 2.